The molecule has 0 N–H and O–H groups in total. The second-order valence-electron chi connectivity index (χ2n) is 7.95. The normalized spacial score (nSPS) is 11.5. The van der Waals surface area contributed by atoms with E-state index in [1.54, 1.807) is 12.1 Å². The molecule has 0 nitrogen and oxygen atoms in total. The highest BCUT2D eigenvalue weighted by atomic mass is 31.2. The van der Waals surface area contributed by atoms with Crippen LogP contribution >= 0.6 is 7.26 Å². The second-order valence-corrected chi connectivity index (χ2v) is 11.3. The van der Waals surface area contributed by atoms with Crippen molar-refractivity contribution in [1.82, 2.24) is 0 Å². The first-order valence-electron chi connectivity index (χ1n) is 10.3. The third-order valence-electron chi connectivity index (χ3n) is 5.91. The van der Waals surface area contributed by atoms with Crippen LogP contribution in [-0.2, 0) is 6.16 Å². The van der Waals surface area contributed by atoms with Gasteiger partial charge in [-0.05, 0) is 73.4 Å². The lowest BCUT2D eigenvalue weighted by Gasteiger charge is -2.31. The summed E-state index contributed by atoms with van der Waals surface area (Å²) in [6, 6.07) is 33.4. The summed E-state index contributed by atoms with van der Waals surface area (Å²) in [4.78, 5) is 0. The zero-order chi connectivity index (χ0) is 21.1. The summed E-state index contributed by atoms with van der Waals surface area (Å²) in [6.45, 7) is 6.64. The van der Waals surface area contributed by atoms with E-state index in [0.29, 0.717) is 0 Å². The Morgan fingerprint density at radius 3 is 1.27 bits per heavy atom. The number of rotatable bonds is 5. The van der Waals surface area contributed by atoms with Crippen LogP contribution in [0.25, 0.3) is 0 Å². The molecule has 0 aliphatic rings. The molecule has 150 valence electrons. The van der Waals surface area contributed by atoms with Crippen molar-refractivity contribution in [3.05, 3.63) is 125 Å². The van der Waals surface area contributed by atoms with Crippen LogP contribution in [0.15, 0.2) is 97.1 Å². The van der Waals surface area contributed by atoms with Gasteiger partial charge in [-0.15, -0.1) is 0 Å². The maximum atomic E-state index is 13.7. The van der Waals surface area contributed by atoms with Crippen molar-refractivity contribution in [3.63, 3.8) is 0 Å². The summed E-state index contributed by atoms with van der Waals surface area (Å²) in [7, 11) is -2.03. The maximum absolute atomic E-state index is 13.7. The summed E-state index contributed by atoms with van der Waals surface area (Å²) >= 11 is 0. The van der Waals surface area contributed by atoms with Crippen LogP contribution in [-0.4, -0.2) is 0 Å². The van der Waals surface area contributed by atoms with Crippen LogP contribution in [0.5, 0.6) is 0 Å². The Balaban J connectivity index is 2.10. The van der Waals surface area contributed by atoms with E-state index in [4.69, 9.17) is 0 Å². The Hall–Kier alpha value is -2.76. The summed E-state index contributed by atoms with van der Waals surface area (Å²) in [5.41, 5.74) is 5.08. The first kappa shape index (κ1) is 20.5. The molecule has 0 heterocycles. The van der Waals surface area contributed by atoms with Crippen LogP contribution in [0.3, 0.4) is 0 Å². The van der Waals surface area contributed by atoms with Crippen molar-refractivity contribution < 1.29 is 4.39 Å². The third kappa shape index (κ3) is 3.71. The van der Waals surface area contributed by atoms with E-state index in [0.717, 1.165) is 6.16 Å². The fraction of sp³-hybridized carbons (Fsp3) is 0.143. The molecular weight excluding hydrogens is 385 g/mol. The van der Waals surface area contributed by atoms with Crippen molar-refractivity contribution in [2.45, 2.75) is 26.9 Å². The van der Waals surface area contributed by atoms with Crippen molar-refractivity contribution in [3.8, 4) is 0 Å². The first-order valence-corrected chi connectivity index (χ1v) is 12.3. The predicted octanol–water partition coefficient (Wildman–Crippen LogP) is 6.25. The molecule has 0 bridgehead atoms. The Kier molecular flexibility index (Phi) is 5.84. The van der Waals surface area contributed by atoms with E-state index in [1.807, 2.05) is 12.1 Å². The van der Waals surface area contributed by atoms with Gasteiger partial charge in [0.25, 0.3) is 0 Å². The SMILES string of the molecule is Cc1ccccc1[P+](Cc1ccc([18F])cc1)(c1ccccc1C)c1ccccc1C. The fourth-order valence-corrected chi connectivity index (χ4v) is 9.58. The van der Waals surface area contributed by atoms with Gasteiger partial charge in [0.05, 0.1) is 6.16 Å². The lowest BCUT2D eigenvalue weighted by Crippen LogP contribution is -2.36. The highest BCUT2D eigenvalue weighted by Crippen LogP contribution is 2.59. The van der Waals surface area contributed by atoms with E-state index in [1.165, 1.54) is 38.2 Å². The van der Waals surface area contributed by atoms with Crippen molar-refractivity contribution in [2.75, 3.05) is 0 Å². The zero-order valence-corrected chi connectivity index (χ0v) is 18.7. The molecule has 30 heavy (non-hydrogen) atoms. The molecule has 0 aliphatic heterocycles. The number of halogens is 1. The second kappa shape index (κ2) is 8.54. The molecule has 4 aromatic carbocycles. The van der Waals surface area contributed by atoms with E-state index < -0.39 is 7.26 Å². The van der Waals surface area contributed by atoms with Crippen LogP contribution in [0, 0.1) is 26.6 Å². The Labute approximate surface area is 179 Å². The molecule has 0 aromatic heterocycles. The highest BCUT2D eigenvalue weighted by molar-refractivity contribution is 7.95. The molecule has 4 aromatic rings. The van der Waals surface area contributed by atoms with Gasteiger partial charge in [0.2, 0.25) is 0 Å². The number of benzene rings is 4. The quantitative estimate of drug-likeness (QED) is 0.340. The first-order chi connectivity index (χ1) is 14.5. The number of aryl methyl sites for hydroxylation is 3. The molecular formula is C28H27FP+. The van der Waals surface area contributed by atoms with E-state index >= 15 is 0 Å². The topological polar surface area (TPSA) is 0 Å². The van der Waals surface area contributed by atoms with Crippen LogP contribution in [0.2, 0.25) is 0 Å². The van der Waals surface area contributed by atoms with Gasteiger partial charge in [-0.3, -0.25) is 0 Å². The maximum Gasteiger partial charge on any atom is 0.123 e. The molecule has 0 atom stereocenters. The van der Waals surface area contributed by atoms with Crippen LogP contribution in [0.1, 0.15) is 22.3 Å². The summed E-state index contributed by atoms with van der Waals surface area (Å²) < 4.78 is 13.7. The molecule has 0 amide bonds. The minimum atomic E-state index is -2.03. The van der Waals surface area contributed by atoms with Gasteiger partial charge in [0.15, 0.2) is 0 Å². The number of hydrogen-bond acceptors (Lipinski definition) is 0. The van der Waals surface area contributed by atoms with Crippen molar-refractivity contribution in [1.29, 1.82) is 0 Å². The average molecular weight is 412 g/mol. The van der Waals surface area contributed by atoms with E-state index in [-0.39, 0.29) is 5.82 Å². The lowest BCUT2D eigenvalue weighted by molar-refractivity contribution is 0.627. The lowest BCUT2D eigenvalue weighted by atomic mass is 10.2. The van der Waals surface area contributed by atoms with Gasteiger partial charge in [-0.2, -0.15) is 0 Å². The monoisotopic (exact) mass is 412 g/mol. The average Bonchev–Trinajstić information content (AvgIpc) is 2.75. The molecule has 0 fully saturated rings. The van der Waals surface area contributed by atoms with Crippen molar-refractivity contribution in [2.24, 2.45) is 0 Å². The van der Waals surface area contributed by atoms with Crippen LogP contribution < -0.4 is 15.9 Å². The van der Waals surface area contributed by atoms with Gasteiger partial charge in [0.1, 0.15) is 29.0 Å². The highest BCUT2D eigenvalue weighted by Gasteiger charge is 2.48. The summed E-state index contributed by atoms with van der Waals surface area (Å²) in [5.74, 6) is -0.189. The standard InChI is InChI=1S/C28H27FP/c1-21-10-4-7-13-26(21)30(27-14-8-5-11-22(27)2,28-15-9-6-12-23(28)3)20-24-16-18-25(29)19-17-24/h4-19H,20H2,1-3H3/q+1/i29-1. The summed E-state index contributed by atoms with van der Waals surface area (Å²) in [6.07, 6.45) is 0.869. The zero-order valence-electron chi connectivity index (χ0n) is 17.8. The third-order valence-corrected chi connectivity index (χ3v) is 10.7. The molecule has 4 rings (SSSR count). The minimum Gasteiger partial charge on any atom is -0.207 e. The predicted molar refractivity (Wildman–Crippen MR) is 129 cm³/mol. The molecule has 0 aliphatic carbocycles. The van der Waals surface area contributed by atoms with Gasteiger partial charge in [0, 0.05) is 0 Å². The van der Waals surface area contributed by atoms with E-state index in [2.05, 4.69) is 93.6 Å². The molecule has 0 saturated carbocycles. The van der Waals surface area contributed by atoms with Gasteiger partial charge >= 0.3 is 0 Å². The Morgan fingerprint density at radius 1 is 0.533 bits per heavy atom. The van der Waals surface area contributed by atoms with Gasteiger partial charge < -0.3 is 0 Å². The molecule has 2 heteroatoms. The molecule has 0 radical (unpaired) electrons. The molecule has 0 spiro atoms. The molecule has 0 saturated heterocycles. The number of hydrogen-bond donors (Lipinski definition) is 0. The fourth-order valence-electron chi connectivity index (χ4n) is 4.48. The van der Waals surface area contributed by atoms with Crippen molar-refractivity contribution >= 4 is 23.2 Å². The van der Waals surface area contributed by atoms with Gasteiger partial charge in [-0.25, -0.2) is 4.39 Å². The van der Waals surface area contributed by atoms with Crippen LogP contribution in [0.4, 0.5) is 4.39 Å². The van der Waals surface area contributed by atoms with Gasteiger partial charge in [-0.1, -0.05) is 66.7 Å². The minimum absolute atomic E-state index is 0.189. The smallest absolute Gasteiger partial charge is 0.123 e. The molecule has 0 unspecified atom stereocenters. The largest absolute Gasteiger partial charge is 0.207 e. The van der Waals surface area contributed by atoms with E-state index in [9.17, 15) is 4.39 Å². The Bertz CT molecular complexity index is 1050. The Morgan fingerprint density at radius 2 is 0.900 bits per heavy atom. The summed E-state index contributed by atoms with van der Waals surface area (Å²) in [5, 5.41) is 4.20.